The number of fused-ring (bicyclic) bond motifs is 1. The Hall–Kier alpha value is -2.33. The first-order chi connectivity index (χ1) is 10.4. The second-order valence-corrected chi connectivity index (χ2v) is 4.86. The Labute approximate surface area is 123 Å². The van der Waals surface area contributed by atoms with E-state index < -0.39 is 0 Å². The van der Waals surface area contributed by atoms with Gasteiger partial charge in [0, 0.05) is 5.56 Å². The van der Waals surface area contributed by atoms with Gasteiger partial charge in [0.15, 0.2) is 5.58 Å². The number of nitrogens with two attached hydrogens (primary N) is 1. The number of rotatable bonds is 6. The van der Waals surface area contributed by atoms with Crippen LogP contribution < -0.4 is 10.5 Å². The van der Waals surface area contributed by atoms with Crippen LogP contribution in [0.15, 0.2) is 52.9 Å². The van der Waals surface area contributed by atoms with Gasteiger partial charge in [-0.2, -0.15) is 0 Å². The van der Waals surface area contributed by atoms with Gasteiger partial charge < -0.3 is 14.9 Å². The van der Waals surface area contributed by atoms with E-state index in [0.29, 0.717) is 19.0 Å². The molecule has 0 saturated heterocycles. The maximum absolute atomic E-state index is 5.77. The smallest absolute Gasteiger partial charge is 0.227 e. The van der Waals surface area contributed by atoms with E-state index in [-0.39, 0.29) is 0 Å². The summed E-state index contributed by atoms with van der Waals surface area (Å²) in [5, 5.41) is 0. The quantitative estimate of drug-likeness (QED) is 0.701. The molecule has 21 heavy (non-hydrogen) atoms. The van der Waals surface area contributed by atoms with E-state index >= 15 is 0 Å². The minimum Gasteiger partial charge on any atom is -0.494 e. The van der Waals surface area contributed by atoms with E-state index in [0.717, 1.165) is 35.3 Å². The summed E-state index contributed by atoms with van der Waals surface area (Å²) in [6, 6.07) is 15.6. The summed E-state index contributed by atoms with van der Waals surface area (Å²) in [7, 11) is 0. The van der Waals surface area contributed by atoms with E-state index in [1.165, 1.54) is 0 Å². The highest BCUT2D eigenvalue weighted by Gasteiger charge is 2.08. The van der Waals surface area contributed by atoms with Crippen molar-refractivity contribution >= 4 is 11.1 Å². The summed E-state index contributed by atoms with van der Waals surface area (Å²) < 4.78 is 11.5. The topological polar surface area (TPSA) is 61.3 Å². The number of aromatic nitrogens is 1. The maximum Gasteiger partial charge on any atom is 0.227 e. The second kappa shape index (κ2) is 6.41. The van der Waals surface area contributed by atoms with Crippen LogP contribution in [-0.2, 0) is 0 Å². The van der Waals surface area contributed by atoms with Crippen LogP contribution in [0, 0.1) is 0 Å². The number of ether oxygens (including phenoxy) is 1. The van der Waals surface area contributed by atoms with Gasteiger partial charge in [-0.15, -0.1) is 0 Å². The highest BCUT2D eigenvalue weighted by molar-refractivity contribution is 5.76. The van der Waals surface area contributed by atoms with Crippen LogP contribution in [0.4, 0.5) is 0 Å². The molecule has 0 aliphatic carbocycles. The number of unbranched alkanes of at least 4 members (excludes halogenated alkanes) is 1. The van der Waals surface area contributed by atoms with Gasteiger partial charge >= 0.3 is 0 Å². The Morgan fingerprint density at radius 2 is 1.95 bits per heavy atom. The van der Waals surface area contributed by atoms with Gasteiger partial charge in [0.1, 0.15) is 11.3 Å². The fourth-order valence-electron chi connectivity index (χ4n) is 2.15. The summed E-state index contributed by atoms with van der Waals surface area (Å²) in [4.78, 5) is 4.50. The predicted octanol–water partition coefficient (Wildman–Crippen LogP) is 3.61. The van der Waals surface area contributed by atoms with Gasteiger partial charge in [0.25, 0.3) is 0 Å². The number of hydrogen-bond acceptors (Lipinski definition) is 4. The molecule has 4 heteroatoms. The Morgan fingerprint density at radius 1 is 1.05 bits per heavy atom. The van der Waals surface area contributed by atoms with Crippen LogP contribution in [0.25, 0.3) is 22.6 Å². The lowest BCUT2D eigenvalue weighted by atomic mass is 10.2. The standard InChI is InChI=1S/C17H18N2O2/c18-10-3-4-11-20-14-7-5-6-13(12-14)17-19-15-8-1-2-9-16(15)21-17/h1-2,5-9,12H,3-4,10-11,18H2. The zero-order chi connectivity index (χ0) is 14.5. The fraction of sp³-hybridized carbons (Fsp3) is 0.235. The normalized spacial score (nSPS) is 10.9. The SMILES string of the molecule is NCCCCOc1cccc(-c2nc3ccccc3o2)c1. The molecule has 2 aromatic carbocycles. The van der Waals surface area contributed by atoms with Gasteiger partial charge in [-0.3, -0.25) is 0 Å². The molecule has 0 spiro atoms. The molecular formula is C17H18N2O2. The molecule has 108 valence electrons. The highest BCUT2D eigenvalue weighted by atomic mass is 16.5. The van der Waals surface area contributed by atoms with Crippen molar-refractivity contribution in [3.8, 4) is 17.2 Å². The molecule has 1 heterocycles. The molecule has 1 aromatic heterocycles. The maximum atomic E-state index is 5.77. The van der Waals surface area contributed by atoms with Gasteiger partial charge in [-0.25, -0.2) is 4.98 Å². The number of oxazole rings is 1. The van der Waals surface area contributed by atoms with E-state index in [9.17, 15) is 0 Å². The Balaban J connectivity index is 1.78. The summed E-state index contributed by atoms with van der Waals surface area (Å²) in [5.41, 5.74) is 8.04. The third-order valence-corrected chi connectivity index (χ3v) is 3.24. The van der Waals surface area contributed by atoms with Crippen LogP contribution >= 0.6 is 0 Å². The van der Waals surface area contributed by atoms with Crippen molar-refractivity contribution in [3.63, 3.8) is 0 Å². The molecule has 0 fully saturated rings. The predicted molar refractivity (Wildman–Crippen MR) is 83.2 cm³/mol. The molecule has 0 aliphatic heterocycles. The number of hydrogen-bond donors (Lipinski definition) is 1. The summed E-state index contributed by atoms with van der Waals surface area (Å²) >= 11 is 0. The number of benzene rings is 2. The van der Waals surface area contributed by atoms with Gasteiger partial charge in [0.2, 0.25) is 5.89 Å². The van der Waals surface area contributed by atoms with Crippen molar-refractivity contribution in [1.29, 1.82) is 0 Å². The van der Waals surface area contributed by atoms with Crippen molar-refractivity contribution < 1.29 is 9.15 Å². The molecular weight excluding hydrogens is 264 g/mol. The third-order valence-electron chi connectivity index (χ3n) is 3.24. The first kappa shape index (κ1) is 13.6. The largest absolute Gasteiger partial charge is 0.494 e. The van der Waals surface area contributed by atoms with Crippen molar-refractivity contribution in [3.05, 3.63) is 48.5 Å². The van der Waals surface area contributed by atoms with Crippen LogP contribution in [-0.4, -0.2) is 18.1 Å². The molecule has 0 bridgehead atoms. The Kier molecular flexibility index (Phi) is 4.17. The molecule has 2 N–H and O–H groups in total. The molecule has 0 atom stereocenters. The van der Waals surface area contributed by atoms with Gasteiger partial charge in [-0.05, 0) is 49.7 Å². The monoisotopic (exact) mass is 282 g/mol. The minimum atomic E-state index is 0.614. The van der Waals surface area contributed by atoms with Crippen molar-refractivity contribution in [2.45, 2.75) is 12.8 Å². The second-order valence-electron chi connectivity index (χ2n) is 4.86. The first-order valence-electron chi connectivity index (χ1n) is 7.16. The van der Waals surface area contributed by atoms with E-state index in [1.54, 1.807) is 0 Å². The molecule has 0 saturated carbocycles. The lowest BCUT2D eigenvalue weighted by Gasteiger charge is -2.06. The van der Waals surface area contributed by atoms with E-state index in [1.807, 2.05) is 48.5 Å². The molecule has 0 aliphatic rings. The molecule has 0 radical (unpaired) electrons. The summed E-state index contributed by atoms with van der Waals surface area (Å²) in [5.74, 6) is 1.44. The van der Waals surface area contributed by atoms with Crippen molar-refractivity contribution in [1.82, 2.24) is 4.98 Å². The summed E-state index contributed by atoms with van der Waals surface area (Å²) in [6.07, 6.45) is 1.94. The van der Waals surface area contributed by atoms with Crippen molar-refractivity contribution in [2.24, 2.45) is 5.73 Å². The first-order valence-corrected chi connectivity index (χ1v) is 7.16. The van der Waals surface area contributed by atoms with Crippen LogP contribution in [0.1, 0.15) is 12.8 Å². The zero-order valence-corrected chi connectivity index (χ0v) is 11.8. The number of para-hydroxylation sites is 2. The van der Waals surface area contributed by atoms with Gasteiger partial charge in [-0.1, -0.05) is 18.2 Å². The lowest BCUT2D eigenvalue weighted by molar-refractivity contribution is 0.308. The minimum absolute atomic E-state index is 0.614. The van der Waals surface area contributed by atoms with E-state index in [2.05, 4.69) is 4.98 Å². The Bertz CT molecular complexity index is 688. The zero-order valence-electron chi connectivity index (χ0n) is 11.8. The van der Waals surface area contributed by atoms with E-state index in [4.69, 9.17) is 14.9 Å². The molecule has 0 amide bonds. The molecule has 0 unspecified atom stereocenters. The van der Waals surface area contributed by atoms with Crippen LogP contribution in [0.2, 0.25) is 0 Å². The average Bonchev–Trinajstić information content (AvgIpc) is 2.96. The number of nitrogens with zero attached hydrogens (tertiary/aromatic N) is 1. The highest BCUT2D eigenvalue weighted by Crippen LogP contribution is 2.26. The van der Waals surface area contributed by atoms with Crippen molar-refractivity contribution in [2.75, 3.05) is 13.2 Å². The lowest BCUT2D eigenvalue weighted by Crippen LogP contribution is -2.03. The van der Waals surface area contributed by atoms with Gasteiger partial charge in [0.05, 0.1) is 6.61 Å². The van der Waals surface area contributed by atoms with Crippen LogP contribution in [0.5, 0.6) is 5.75 Å². The molecule has 4 nitrogen and oxygen atoms in total. The average molecular weight is 282 g/mol. The molecule has 3 aromatic rings. The third kappa shape index (κ3) is 3.23. The molecule has 3 rings (SSSR count). The van der Waals surface area contributed by atoms with Crippen LogP contribution in [0.3, 0.4) is 0 Å². The Morgan fingerprint density at radius 3 is 2.81 bits per heavy atom. The fourth-order valence-corrected chi connectivity index (χ4v) is 2.15. The summed E-state index contributed by atoms with van der Waals surface area (Å²) in [6.45, 7) is 1.38.